The Morgan fingerprint density at radius 1 is 1.19 bits per heavy atom. The molecule has 2 rings (SSSR count). The number of nitrogens with zero attached hydrogens (tertiary/aromatic N) is 2. The average Bonchev–Trinajstić information content (AvgIpc) is 2.31. The Kier molecular flexibility index (Phi) is 4.22. The lowest BCUT2D eigenvalue weighted by Crippen LogP contribution is -2.61. The van der Waals surface area contributed by atoms with Crippen molar-refractivity contribution in [1.29, 1.82) is 0 Å². The molecular formula is C13H27N3. The van der Waals surface area contributed by atoms with Gasteiger partial charge in [0.1, 0.15) is 0 Å². The van der Waals surface area contributed by atoms with Gasteiger partial charge in [0.25, 0.3) is 0 Å². The molecule has 0 spiro atoms. The molecular weight excluding hydrogens is 198 g/mol. The summed E-state index contributed by atoms with van der Waals surface area (Å²) in [4.78, 5) is 5.23. The van der Waals surface area contributed by atoms with E-state index in [9.17, 15) is 0 Å². The third-order valence-corrected chi connectivity index (χ3v) is 4.45. The molecule has 2 aliphatic rings. The van der Waals surface area contributed by atoms with E-state index in [0.717, 1.165) is 6.04 Å². The molecule has 0 radical (unpaired) electrons. The monoisotopic (exact) mass is 225 g/mol. The summed E-state index contributed by atoms with van der Waals surface area (Å²) in [5.74, 6) is 0. The topological polar surface area (TPSA) is 32.5 Å². The first-order valence-corrected chi connectivity index (χ1v) is 6.96. The van der Waals surface area contributed by atoms with E-state index in [1.807, 2.05) is 0 Å². The van der Waals surface area contributed by atoms with E-state index in [1.165, 1.54) is 51.9 Å². The molecule has 0 amide bonds. The molecule has 2 aliphatic heterocycles. The first-order valence-electron chi connectivity index (χ1n) is 6.96. The van der Waals surface area contributed by atoms with Crippen molar-refractivity contribution < 1.29 is 0 Å². The Morgan fingerprint density at radius 2 is 2.00 bits per heavy atom. The van der Waals surface area contributed by atoms with Crippen molar-refractivity contribution in [3.63, 3.8) is 0 Å². The van der Waals surface area contributed by atoms with Gasteiger partial charge in [0, 0.05) is 24.7 Å². The Morgan fingerprint density at radius 3 is 2.69 bits per heavy atom. The van der Waals surface area contributed by atoms with Gasteiger partial charge in [0.15, 0.2) is 0 Å². The summed E-state index contributed by atoms with van der Waals surface area (Å²) in [6.45, 7) is 9.44. The fourth-order valence-electron chi connectivity index (χ4n) is 3.27. The van der Waals surface area contributed by atoms with Gasteiger partial charge in [-0.1, -0.05) is 13.3 Å². The summed E-state index contributed by atoms with van der Waals surface area (Å²) < 4.78 is 0. The minimum atomic E-state index is 0.392. The molecule has 3 unspecified atom stereocenters. The van der Waals surface area contributed by atoms with Crippen molar-refractivity contribution in [3.05, 3.63) is 0 Å². The van der Waals surface area contributed by atoms with Crippen molar-refractivity contribution in [2.45, 2.75) is 57.7 Å². The molecule has 0 aromatic carbocycles. The summed E-state index contributed by atoms with van der Waals surface area (Å²) in [7, 11) is 0. The predicted octanol–water partition coefficient (Wildman–Crippen LogP) is 1.28. The maximum absolute atomic E-state index is 6.32. The van der Waals surface area contributed by atoms with Crippen LogP contribution in [0.1, 0.15) is 39.5 Å². The second-order valence-corrected chi connectivity index (χ2v) is 5.50. The van der Waals surface area contributed by atoms with Crippen molar-refractivity contribution in [1.82, 2.24) is 9.80 Å². The number of hydrogen-bond donors (Lipinski definition) is 1. The van der Waals surface area contributed by atoms with E-state index in [2.05, 4.69) is 23.6 Å². The summed E-state index contributed by atoms with van der Waals surface area (Å²) in [5.41, 5.74) is 6.32. The van der Waals surface area contributed by atoms with E-state index >= 15 is 0 Å². The largest absolute Gasteiger partial charge is 0.326 e. The van der Waals surface area contributed by atoms with Gasteiger partial charge in [0.05, 0.1) is 0 Å². The SMILES string of the molecule is CCN1CCC(N)C(N2CCCCC2C)C1. The molecule has 0 saturated carbocycles. The zero-order valence-electron chi connectivity index (χ0n) is 10.9. The minimum Gasteiger partial charge on any atom is -0.326 e. The molecule has 94 valence electrons. The average molecular weight is 225 g/mol. The molecule has 0 aliphatic carbocycles. The van der Waals surface area contributed by atoms with Gasteiger partial charge in [-0.2, -0.15) is 0 Å². The normalized spacial score (nSPS) is 38.8. The zero-order valence-corrected chi connectivity index (χ0v) is 10.9. The number of nitrogens with two attached hydrogens (primary N) is 1. The van der Waals surface area contributed by atoms with Crippen LogP contribution in [-0.4, -0.2) is 54.1 Å². The smallest absolute Gasteiger partial charge is 0.0377 e. The van der Waals surface area contributed by atoms with Crippen molar-refractivity contribution >= 4 is 0 Å². The summed E-state index contributed by atoms with van der Waals surface area (Å²) in [5, 5.41) is 0. The number of piperidine rings is 2. The van der Waals surface area contributed by atoms with E-state index < -0.39 is 0 Å². The van der Waals surface area contributed by atoms with Gasteiger partial charge >= 0.3 is 0 Å². The number of rotatable bonds is 2. The maximum atomic E-state index is 6.32. The lowest BCUT2D eigenvalue weighted by atomic mass is 9.93. The standard InChI is InChI=1S/C13H27N3/c1-3-15-9-7-12(14)13(10-15)16-8-5-4-6-11(16)2/h11-13H,3-10,14H2,1-2H3. The second-order valence-electron chi connectivity index (χ2n) is 5.50. The molecule has 2 fully saturated rings. The second kappa shape index (κ2) is 5.48. The Labute approximate surface area is 100.0 Å². The van der Waals surface area contributed by atoms with Gasteiger partial charge < -0.3 is 10.6 Å². The molecule has 0 bridgehead atoms. The van der Waals surface area contributed by atoms with E-state index in [0.29, 0.717) is 12.1 Å². The zero-order chi connectivity index (χ0) is 11.5. The van der Waals surface area contributed by atoms with Crippen LogP contribution in [0.15, 0.2) is 0 Å². The summed E-state index contributed by atoms with van der Waals surface area (Å²) >= 11 is 0. The predicted molar refractivity (Wildman–Crippen MR) is 68.5 cm³/mol. The number of likely N-dealkylation sites (tertiary alicyclic amines) is 2. The van der Waals surface area contributed by atoms with Crippen LogP contribution in [-0.2, 0) is 0 Å². The van der Waals surface area contributed by atoms with Crippen LogP contribution in [0, 0.1) is 0 Å². The highest BCUT2D eigenvalue weighted by atomic mass is 15.3. The van der Waals surface area contributed by atoms with Gasteiger partial charge in [-0.15, -0.1) is 0 Å². The number of hydrogen-bond acceptors (Lipinski definition) is 3. The molecule has 2 N–H and O–H groups in total. The Balaban J connectivity index is 1.99. The molecule has 0 aromatic rings. The molecule has 2 heterocycles. The van der Waals surface area contributed by atoms with Crippen LogP contribution >= 0.6 is 0 Å². The first kappa shape index (κ1) is 12.3. The maximum Gasteiger partial charge on any atom is 0.0377 e. The number of likely N-dealkylation sites (N-methyl/N-ethyl adjacent to an activating group) is 1. The van der Waals surface area contributed by atoms with Crippen molar-refractivity contribution in [2.75, 3.05) is 26.2 Å². The van der Waals surface area contributed by atoms with E-state index in [-0.39, 0.29) is 0 Å². The lowest BCUT2D eigenvalue weighted by Gasteiger charge is -2.46. The van der Waals surface area contributed by atoms with Gasteiger partial charge in [0.2, 0.25) is 0 Å². The summed E-state index contributed by atoms with van der Waals surface area (Å²) in [6.07, 6.45) is 5.29. The third kappa shape index (κ3) is 2.58. The highest BCUT2D eigenvalue weighted by molar-refractivity contribution is 4.92. The van der Waals surface area contributed by atoms with Gasteiger partial charge in [-0.3, -0.25) is 4.90 Å². The van der Waals surface area contributed by atoms with Crippen LogP contribution < -0.4 is 5.73 Å². The quantitative estimate of drug-likeness (QED) is 0.768. The van der Waals surface area contributed by atoms with E-state index in [1.54, 1.807) is 0 Å². The van der Waals surface area contributed by atoms with Crippen molar-refractivity contribution in [2.24, 2.45) is 5.73 Å². The van der Waals surface area contributed by atoms with Crippen molar-refractivity contribution in [3.8, 4) is 0 Å². The molecule has 3 nitrogen and oxygen atoms in total. The van der Waals surface area contributed by atoms with E-state index in [4.69, 9.17) is 5.73 Å². The fourth-order valence-corrected chi connectivity index (χ4v) is 3.27. The molecule has 3 heteroatoms. The molecule has 3 atom stereocenters. The van der Waals surface area contributed by atoms with Gasteiger partial charge in [-0.25, -0.2) is 0 Å². The van der Waals surface area contributed by atoms with Gasteiger partial charge in [-0.05, 0) is 45.8 Å². The first-order chi connectivity index (χ1) is 7.72. The Hall–Kier alpha value is -0.120. The summed E-state index contributed by atoms with van der Waals surface area (Å²) in [6, 6.07) is 1.73. The fraction of sp³-hybridized carbons (Fsp3) is 1.00. The third-order valence-electron chi connectivity index (χ3n) is 4.45. The molecule has 2 saturated heterocycles. The highest BCUT2D eigenvalue weighted by Gasteiger charge is 2.33. The van der Waals surface area contributed by atoms with Crippen LogP contribution in [0.3, 0.4) is 0 Å². The Bertz CT molecular complexity index is 219. The van der Waals surface area contributed by atoms with Crippen LogP contribution in [0.2, 0.25) is 0 Å². The van der Waals surface area contributed by atoms with Crippen LogP contribution in [0.4, 0.5) is 0 Å². The highest BCUT2D eigenvalue weighted by Crippen LogP contribution is 2.23. The minimum absolute atomic E-state index is 0.392. The van der Waals surface area contributed by atoms with Crippen LogP contribution in [0.5, 0.6) is 0 Å². The lowest BCUT2D eigenvalue weighted by molar-refractivity contribution is 0.0390. The molecule has 16 heavy (non-hydrogen) atoms. The van der Waals surface area contributed by atoms with Crippen LogP contribution in [0.25, 0.3) is 0 Å². The molecule has 0 aromatic heterocycles.